The summed E-state index contributed by atoms with van der Waals surface area (Å²) >= 11 is 0. The van der Waals surface area contributed by atoms with Gasteiger partial charge in [0.25, 0.3) is 0 Å². The maximum Gasteiger partial charge on any atom is 0.488 e. The first-order chi connectivity index (χ1) is 20.4. The van der Waals surface area contributed by atoms with E-state index in [4.69, 9.17) is 4.74 Å². The van der Waals surface area contributed by atoms with Crippen molar-refractivity contribution in [1.82, 2.24) is 9.55 Å². The van der Waals surface area contributed by atoms with Gasteiger partial charge in [0.05, 0.1) is 27.9 Å². The van der Waals surface area contributed by atoms with Crippen LogP contribution in [-0.4, -0.2) is 30.8 Å². The highest BCUT2D eigenvalue weighted by Crippen LogP contribution is 2.40. The minimum atomic E-state index is -5.37. The number of aromatic nitrogens is 2. The summed E-state index contributed by atoms with van der Waals surface area (Å²) in [6.07, 6.45) is -0.178. The van der Waals surface area contributed by atoms with Crippen molar-refractivity contribution in [3.05, 3.63) is 70.4 Å². The van der Waals surface area contributed by atoms with Gasteiger partial charge in [0, 0.05) is 22.5 Å². The molecule has 0 amide bonds. The van der Waals surface area contributed by atoms with Crippen LogP contribution in [0, 0.1) is 11.3 Å². The van der Waals surface area contributed by atoms with Crippen LogP contribution in [0.1, 0.15) is 43.7 Å². The van der Waals surface area contributed by atoms with Crippen LogP contribution < -0.4 is 14.3 Å². The molecule has 6 rings (SSSR count). The number of H-pyrrole nitrogens is 1. The van der Waals surface area contributed by atoms with E-state index in [-0.39, 0.29) is 28.3 Å². The van der Waals surface area contributed by atoms with Crippen LogP contribution in [0.15, 0.2) is 59.4 Å². The van der Waals surface area contributed by atoms with E-state index >= 15 is 0 Å². The van der Waals surface area contributed by atoms with Gasteiger partial charge in [-0.05, 0) is 54.8 Å². The highest BCUT2D eigenvalue weighted by Gasteiger charge is 2.30. The summed E-state index contributed by atoms with van der Waals surface area (Å²) in [6.45, 7) is -1.65. The fourth-order valence-electron chi connectivity index (χ4n) is 5.92. The van der Waals surface area contributed by atoms with E-state index < -0.39 is 34.5 Å². The van der Waals surface area contributed by atoms with E-state index in [2.05, 4.69) is 15.2 Å². The highest BCUT2D eigenvalue weighted by atomic mass is 32.3. The molecule has 222 valence electrons. The maximum absolute atomic E-state index is 14.1. The lowest BCUT2D eigenvalue weighted by Crippen LogP contribution is -2.20. The van der Waals surface area contributed by atoms with Crippen molar-refractivity contribution in [2.24, 2.45) is 0 Å². The molecule has 2 aromatic heterocycles. The fraction of sp³-hybridized carbons (Fsp3) is 0.267. The van der Waals surface area contributed by atoms with Gasteiger partial charge in [-0.2, -0.15) is 26.9 Å². The number of benzene rings is 3. The van der Waals surface area contributed by atoms with Crippen LogP contribution in [0.3, 0.4) is 0 Å². The molecular weight excluding hydrogens is 590 g/mol. The van der Waals surface area contributed by atoms with Crippen molar-refractivity contribution >= 4 is 43.3 Å². The molecule has 0 radical (unpaired) electrons. The molecule has 1 fully saturated rings. The molecule has 0 bridgehead atoms. The van der Waals surface area contributed by atoms with Crippen LogP contribution in [-0.2, 0) is 10.5 Å². The van der Waals surface area contributed by atoms with Crippen molar-refractivity contribution < 1.29 is 34.4 Å². The molecule has 0 unspecified atom stereocenters. The second-order valence-corrected chi connectivity index (χ2v) is 11.4. The van der Waals surface area contributed by atoms with Gasteiger partial charge in [0.1, 0.15) is 17.1 Å². The van der Waals surface area contributed by atoms with Crippen molar-refractivity contribution in [2.45, 2.75) is 44.3 Å². The first kappa shape index (κ1) is 28.5. The SMILES string of the molecule is N#Cc1ccc2c(c1)[nH]c1c2c(=O)c2cc(OCC(F)(F)F)c(-c3cccc(OS(=O)(=O)F)c3)cc2n1C1CCCCC1. The van der Waals surface area contributed by atoms with Gasteiger partial charge in [0.2, 0.25) is 0 Å². The number of nitrogens with zero attached hydrogens (tertiary/aromatic N) is 2. The molecule has 13 heteroatoms. The Morgan fingerprint density at radius 3 is 2.49 bits per heavy atom. The standard InChI is InChI=1S/C30H23F4N3O5S/c31-30(32,33)16-41-26-14-23-25(13-22(26)18-5-4-8-20(12-18)42-43(34,39)40)37(19-6-2-1-3-7-19)29-27(28(23)38)21-10-9-17(15-35)11-24(21)36-29/h4-5,8-14,19,36H,1-3,6-7,16H2. The molecule has 43 heavy (non-hydrogen) atoms. The smallest absolute Gasteiger partial charge is 0.483 e. The van der Waals surface area contributed by atoms with Crippen LogP contribution in [0.25, 0.3) is 44.0 Å². The highest BCUT2D eigenvalue weighted by molar-refractivity contribution is 7.81. The summed E-state index contributed by atoms with van der Waals surface area (Å²) in [5.74, 6) is -0.672. The summed E-state index contributed by atoms with van der Waals surface area (Å²) in [5.41, 5.74) is 1.76. The van der Waals surface area contributed by atoms with E-state index in [1.165, 1.54) is 30.3 Å². The quantitative estimate of drug-likeness (QED) is 0.160. The number of hydrogen-bond donors (Lipinski definition) is 1. The molecular formula is C30H23F4N3O5S. The molecule has 5 aromatic rings. The van der Waals surface area contributed by atoms with E-state index in [0.717, 1.165) is 38.2 Å². The van der Waals surface area contributed by atoms with Crippen molar-refractivity contribution in [2.75, 3.05) is 6.61 Å². The lowest BCUT2D eigenvalue weighted by molar-refractivity contribution is -0.153. The number of fused-ring (bicyclic) bond motifs is 4. The number of halogens is 4. The zero-order valence-electron chi connectivity index (χ0n) is 22.4. The molecule has 0 spiro atoms. The molecule has 1 N–H and O–H groups in total. The minimum Gasteiger partial charge on any atom is -0.483 e. The molecule has 1 aliphatic carbocycles. The maximum atomic E-state index is 14.1. The topological polar surface area (TPSA) is 114 Å². The summed E-state index contributed by atoms with van der Waals surface area (Å²) < 4.78 is 86.9. The van der Waals surface area contributed by atoms with Crippen molar-refractivity contribution in [1.29, 1.82) is 5.26 Å². The Morgan fingerprint density at radius 2 is 1.79 bits per heavy atom. The number of nitriles is 1. The van der Waals surface area contributed by atoms with Gasteiger partial charge in [-0.25, -0.2) is 0 Å². The number of alkyl halides is 3. The number of aromatic amines is 1. The second-order valence-electron chi connectivity index (χ2n) is 10.5. The molecule has 3 aromatic carbocycles. The Bertz CT molecular complexity index is 2110. The van der Waals surface area contributed by atoms with E-state index in [1.54, 1.807) is 18.2 Å². The summed E-state index contributed by atoms with van der Waals surface area (Å²) in [7, 11) is -5.37. The molecule has 0 atom stereocenters. The van der Waals surface area contributed by atoms with Crippen LogP contribution >= 0.6 is 0 Å². The van der Waals surface area contributed by atoms with Crippen molar-refractivity contribution in [3.8, 4) is 28.7 Å². The predicted molar refractivity (Wildman–Crippen MR) is 152 cm³/mol. The van der Waals surface area contributed by atoms with Crippen LogP contribution in [0.2, 0.25) is 0 Å². The average molecular weight is 614 g/mol. The first-order valence-corrected chi connectivity index (χ1v) is 14.7. The van der Waals surface area contributed by atoms with Gasteiger partial charge in [-0.1, -0.05) is 41.3 Å². The van der Waals surface area contributed by atoms with Crippen molar-refractivity contribution in [3.63, 3.8) is 0 Å². The summed E-state index contributed by atoms with van der Waals surface area (Å²) in [5, 5.41) is 10.5. The van der Waals surface area contributed by atoms with E-state index in [1.807, 2.05) is 4.57 Å². The largest absolute Gasteiger partial charge is 0.488 e. The molecule has 1 saturated carbocycles. The number of ether oxygens (including phenoxy) is 1. The third-order valence-corrected chi connectivity index (χ3v) is 8.04. The molecule has 0 aliphatic heterocycles. The van der Waals surface area contributed by atoms with Crippen LogP contribution in [0.4, 0.5) is 17.1 Å². The predicted octanol–water partition coefficient (Wildman–Crippen LogP) is 7.21. The average Bonchev–Trinajstić information content (AvgIpc) is 3.34. The van der Waals surface area contributed by atoms with Gasteiger partial charge in [-0.15, -0.1) is 0 Å². The summed E-state index contributed by atoms with van der Waals surface area (Å²) in [6, 6.07) is 14.9. The number of hydrogen-bond acceptors (Lipinski definition) is 6. The Hall–Kier alpha value is -4.57. The molecule has 2 heterocycles. The Labute approximate surface area is 242 Å². The minimum absolute atomic E-state index is 0.0519. The lowest BCUT2D eigenvalue weighted by atomic mass is 9.93. The summed E-state index contributed by atoms with van der Waals surface area (Å²) in [4.78, 5) is 17.4. The van der Waals surface area contributed by atoms with Crippen LogP contribution in [0.5, 0.6) is 11.5 Å². The number of nitrogens with one attached hydrogen (secondary N) is 1. The first-order valence-electron chi connectivity index (χ1n) is 13.4. The Kier molecular flexibility index (Phi) is 7.04. The molecule has 8 nitrogen and oxygen atoms in total. The van der Waals surface area contributed by atoms with Gasteiger partial charge < -0.3 is 18.5 Å². The number of pyridine rings is 1. The molecule has 1 aliphatic rings. The van der Waals surface area contributed by atoms with Gasteiger partial charge in [-0.3, -0.25) is 4.79 Å². The third-order valence-electron chi connectivity index (χ3n) is 7.65. The number of rotatable bonds is 6. The monoisotopic (exact) mass is 613 g/mol. The van der Waals surface area contributed by atoms with Gasteiger partial charge >= 0.3 is 16.7 Å². The van der Waals surface area contributed by atoms with Gasteiger partial charge in [0.15, 0.2) is 12.0 Å². The Balaban J connectivity index is 1.69. The van der Waals surface area contributed by atoms with E-state index in [9.17, 15) is 35.5 Å². The second kappa shape index (κ2) is 10.6. The van der Waals surface area contributed by atoms with E-state index in [0.29, 0.717) is 33.0 Å². The fourth-order valence-corrected chi connectivity index (χ4v) is 6.26. The lowest BCUT2D eigenvalue weighted by Gasteiger charge is -2.28. The molecule has 0 saturated heterocycles. The third kappa shape index (κ3) is 5.62. The zero-order valence-corrected chi connectivity index (χ0v) is 23.2. The normalized spacial score (nSPS) is 14.8. The Morgan fingerprint density at radius 1 is 1.02 bits per heavy atom. The zero-order chi connectivity index (χ0) is 30.5.